The summed E-state index contributed by atoms with van der Waals surface area (Å²) < 4.78 is 41.6. The molecule has 0 radical (unpaired) electrons. The summed E-state index contributed by atoms with van der Waals surface area (Å²) in [6.07, 6.45) is -0.926. The topological polar surface area (TPSA) is 91.5 Å². The molecular formula is C20H20F3N7O2. The normalized spacial score (nSPS) is 27.2. The van der Waals surface area contributed by atoms with E-state index >= 15 is 0 Å². The second kappa shape index (κ2) is 6.21. The number of piperazine rings is 1. The van der Waals surface area contributed by atoms with E-state index in [0.29, 0.717) is 42.7 Å². The summed E-state index contributed by atoms with van der Waals surface area (Å²) in [6.45, 7) is 2.53. The molecule has 168 valence electrons. The van der Waals surface area contributed by atoms with E-state index in [9.17, 15) is 22.8 Å². The first-order valence-electron chi connectivity index (χ1n) is 10.4. The third-order valence-corrected chi connectivity index (χ3v) is 7.07. The number of aromatic nitrogens is 5. The molecule has 0 aliphatic carbocycles. The lowest BCUT2D eigenvalue weighted by Crippen LogP contribution is -2.85. The first kappa shape index (κ1) is 19.5. The van der Waals surface area contributed by atoms with Gasteiger partial charge in [0.25, 0.3) is 11.5 Å². The number of hydrogen-bond donors (Lipinski definition) is 1. The molecule has 9 nitrogen and oxygen atoms in total. The summed E-state index contributed by atoms with van der Waals surface area (Å²) in [5.41, 5.74) is 0.235. The smallest absolute Gasteiger partial charge is 0.335 e. The Balaban J connectivity index is 1.22. The quantitative estimate of drug-likeness (QED) is 0.657. The summed E-state index contributed by atoms with van der Waals surface area (Å²) in [6, 6.07) is 3.29. The van der Waals surface area contributed by atoms with Crippen LogP contribution < -0.4 is 5.56 Å². The molecule has 2 unspecified atom stereocenters. The van der Waals surface area contributed by atoms with Crippen LogP contribution in [0.15, 0.2) is 29.3 Å². The third kappa shape index (κ3) is 2.68. The number of aromatic amines is 1. The number of piperidine rings is 1. The minimum atomic E-state index is -4.17. The van der Waals surface area contributed by atoms with Crippen LogP contribution >= 0.6 is 0 Å². The fourth-order valence-electron chi connectivity index (χ4n) is 5.91. The van der Waals surface area contributed by atoms with E-state index in [2.05, 4.69) is 15.2 Å². The molecule has 3 fully saturated rings. The number of likely N-dealkylation sites (tertiary alicyclic amines) is 1. The number of halogens is 3. The molecule has 12 heteroatoms. The fourth-order valence-corrected chi connectivity index (χ4v) is 5.91. The Morgan fingerprint density at radius 3 is 2.69 bits per heavy atom. The molecule has 3 aromatic rings. The first-order valence-corrected chi connectivity index (χ1v) is 10.4. The van der Waals surface area contributed by atoms with Crippen molar-refractivity contribution in [2.75, 3.05) is 13.1 Å². The van der Waals surface area contributed by atoms with Crippen LogP contribution in [0.5, 0.6) is 0 Å². The zero-order valence-electron chi connectivity index (χ0n) is 17.1. The second-order valence-corrected chi connectivity index (χ2v) is 9.02. The van der Waals surface area contributed by atoms with E-state index < -0.39 is 18.1 Å². The summed E-state index contributed by atoms with van der Waals surface area (Å²) in [5, 5.41) is 8.59. The minimum absolute atomic E-state index is 0.0293. The van der Waals surface area contributed by atoms with Crippen LogP contribution in [0.4, 0.5) is 13.2 Å². The predicted octanol–water partition coefficient (Wildman–Crippen LogP) is 1.51. The maximum Gasteiger partial charge on any atom is 0.390 e. The Kier molecular flexibility index (Phi) is 3.79. The maximum atomic E-state index is 13.2. The molecule has 3 aliphatic rings. The number of carbonyl (C=O) groups excluding carboxylic acids is 1. The molecule has 3 aliphatic heterocycles. The average molecular weight is 447 g/mol. The SMILES string of the molecule is Cc1c(C(=O)N2CC3CC4(CC(F)(F)F)CC(C2)N34)cnn1-c1nn2cccc2c(=O)[nH]1. The van der Waals surface area contributed by atoms with Gasteiger partial charge >= 0.3 is 6.18 Å². The van der Waals surface area contributed by atoms with E-state index in [1.165, 1.54) is 15.4 Å². The van der Waals surface area contributed by atoms with Crippen molar-refractivity contribution in [3.63, 3.8) is 0 Å². The van der Waals surface area contributed by atoms with Gasteiger partial charge in [-0.05, 0) is 31.9 Å². The fraction of sp³-hybridized carbons (Fsp3) is 0.500. The number of nitrogens with one attached hydrogen (secondary N) is 1. The van der Waals surface area contributed by atoms with Gasteiger partial charge in [-0.2, -0.15) is 18.3 Å². The summed E-state index contributed by atoms with van der Waals surface area (Å²) in [7, 11) is 0. The van der Waals surface area contributed by atoms with Gasteiger partial charge in [0.05, 0.1) is 23.9 Å². The molecule has 1 N–H and O–H groups in total. The van der Waals surface area contributed by atoms with Gasteiger partial charge in [0.2, 0.25) is 5.95 Å². The number of fused-ring (bicyclic) bond motifs is 1. The Morgan fingerprint density at radius 1 is 1.28 bits per heavy atom. The molecule has 1 amide bonds. The van der Waals surface area contributed by atoms with Crippen LogP contribution in [0.2, 0.25) is 0 Å². The molecular weight excluding hydrogens is 427 g/mol. The van der Waals surface area contributed by atoms with Crippen molar-refractivity contribution in [2.24, 2.45) is 0 Å². The molecule has 3 aromatic heterocycles. The maximum absolute atomic E-state index is 13.2. The second-order valence-electron chi connectivity index (χ2n) is 9.02. The van der Waals surface area contributed by atoms with Gasteiger partial charge in [0.15, 0.2) is 0 Å². The summed E-state index contributed by atoms with van der Waals surface area (Å²) in [4.78, 5) is 31.8. The highest BCUT2D eigenvalue weighted by molar-refractivity contribution is 5.95. The van der Waals surface area contributed by atoms with Crippen molar-refractivity contribution in [3.8, 4) is 5.95 Å². The van der Waals surface area contributed by atoms with E-state index in [4.69, 9.17) is 0 Å². The number of alkyl halides is 3. The first-order chi connectivity index (χ1) is 15.2. The summed E-state index contributed by atoms with van der Waals surface area (Å²) >= 11 is 0. The van der Waals surface area contributed by atoms with Crippen molar-refractivity contribution in [3.05, 3.63) is 46.1 Å². The van der Waals surface area contributed by atoms with Crippen LogP contribution in [-0.2, 0) is 0 Å². The number of hydrogen-bond acceptors (Lipinski definition) is 5. The standard InChI is InChI=1S/C20H20F3N7O2/c1-11-14(7-24-30(11)18-25-16(31)15-3-2-4-28(15)26-18)17(32)27-8-12-5-19(10-20(21,22)23)6-13(9-27)29(12)19/h2-4,7,12-13H,5-6,8-10H2,1H3,(H,25,26,31). The van der Waals surface area contributed by atoms with Gasteiger partial charge < -0.3 is 4.90 Å². The van der Waals surface area contributed by atoms with E-state index in [0.717, 1.165) is 0 Å². The van der Waals surface area contributed by atoms with Crippen LogP contribution in [0.3, 0.4) is 0 Å². The minimum Gasteiger partial charge on any atom is -0.335 e. The lowest BCUT2D eigenvalue weighted by Gasteiger charge is -2.73. The molecule has 0 aromatic carbocycles. The van der Waals surface area contributed by atoms with Crippen molar-refractivity contribution in [2.45, 2.75) is 50.0 Å². The third-order valence-electron chi connectivity index (χ3n) is 7.07. The van der Waals surface area contributed by atoms with Crippen LogP contribution in [0.25, 0.3) is 11.5 Å². The Morgan fingerprint density at radius 2 is 2.00 bits per heavy atom. The van der Waals surface area contributed by atoms with Gasteiger partial charge in [0, 0.05) is 36.9 Å². The average Bonchev–Trinajstić information content (AvgIpc) is 3.30. The van der Waals surface area contributed by atoms with E-state index in [-0.39, 0.29) is 29.5 Å². The summed E-state index contributed by atoms with van der Waals surface area (Å²) in [5.74, 6) is -0.0204. The predicted molar refractivity (Wildman–Crippen MR) is 106 cm³/mol. The zero-order valence-corrected chi connectivity index (χ0v) is 17.1. The molecule has 0 saturated carbocycles. The number of carbonyl (C=O) groups is 1. The van der Waals surface area contributed by atoms with Gasteiger partial charge in [-0.3, -0.25) is 19.5 Å². The Labute approximate surface area is 179 Å². The van der Waals surface area contributed by atoms with Crippen molar-refractivity contribution < 1.29 is 18.0 Å². The van der Waals surface area contributed by atoms with Crippen LogP contribution in [-0.4, -0.2) is 77.0 Å². The van der Waals surface area contributed by atoms with Gasteiger partial charge in [-0.25, -0.2) is 9.20 Å². The highest BCUT2D eigenvalue weighted by Crippen LogP contribution is 2.57. The molecule has 0 spiro atoms. The largest absolute Gasteiger partial charge is 0.390 e. The lowest BCUT2D eigenvalue weighted by atomic mass is 9.61. The molecule has 3 saturated heterocycles. The molecule has 6 heterocycles. The van der Waals surface area contributed by atoms with Crippen molar-refractivity contribution >= 4 is 11.4 Å². The highest BCUT2D eigenvalue weighted by Gasteiger charge is 2.67. The number of amides is 1. The lowest BCUT2D eigenvalue weighted by molar-refractivity contribution is -0.271. The highest BCUT2D eigenvalue weighted by atomic mass is 19.4. The van der Waals surface area contributed by atoms with Crippen LogP contribution in [0.1, 0.15) is 35.3 Å². The number of nitrogens with zero attached hydrogens (tertiary/aromatic N) is 6. The van der Waals surface area contributed by atoms with Gasteiger partial charge in [-0.1, -0.05) is 0 Å². The monoisotopic (exact) mass is 447 g/mol. The number of H-pyrrole nitrogens is 1. The molecule has 32 heavy (non-hydrogen) atoms. The van der Waals surface area contributed by atoms with Gasteiger partial charge in [-0.15, -0.1) is 5.10 Å². The number of rotatable bonds is 3. The Hall–Kier alpha value is -3.15. The van der Waals surface area contributed by atoms with Gasteiger partial charge in [0.1, 0.15) is 5.52 Å². The van der Waals surface area contributed by atoms with E-state index in [1.807, 2.05) is 4.90 Å². The molecule has 0 bridgehead atoms. The van der Waals surface area contributed by atoms with E-state index in [1.54, 1.807) is 30.2 Å². The molecule has 2 atom stereocenters. The van der Waals surface area contributed by atoms with Crippen LogP contribution in [0, 0.1) is 6.92 Å². The zero-order chi connectivity index (χ0) is 22.4. The van der Waals surface area contributed by atoms with Crippen molar-refractivity contribution in [1.82, 2.24) is 34.2 Å². The Bertz CT molecular complexity index is 1290. The molecule has 6 rings (SSSR count). The van der Waals surface area contributed by atoms with Crippen molar-refractivity contribution in [1.29, 1.82) is 0 Å².